The van der Waals surface area contributed by atoms with E-state index in [1.165, 1.54) is 0 Å². The summed E-state index contributed by atoms with van der Waals surface area (Å²) in [6, 6.07) is 0. The molecule has 7 heteroatoms. The van der Waals surface area contributed by atoms with Gasteiger partial charge < -0.3 is 0 Å². The summed E-state index contributed by atoms with van der Waals surface area (Å²) in [5.41, 5.74) is 0. The van der Waals surface area contributed by atoms with E-state index in [0.29, 0.717) is 0 Å². The van der Waals surface area contributed by atoms with Crippen LogP contribution in [0, 0.1) is 35.5 Å². The van der Waals surface area contributed by atoms with E-state index < -0.39 is 0 Å². The molecule has 198 valence electrons. The molecule has 0 aliphatic carbocycles. The first-order chi connectivity index (χ1) is 14.8. The summed E-state index contributed by atoms with van der Waals surface area (Å²) < 4.78 is 0. The molecule has 0 atom stereocenters. The first-order valence-corrected chi connectivity index (χ1v) is 12.0. The van der Waals surface area contributed by atoms with Crippen molar-refractivity contribution in [3.05, 3.63) is 0 Å². The van der Waals surface area contributed by atoms with Gasteiger partial charge in [0, 0.05) is 35.5 Å². The molecule has 6 nitrogen and oxygen atoms in total. The Morgan fingerprint density at radius 3 is 0.471 bits per heavy atom. The van der Waals surface area contributed by atoms with Crippen LogP contribution < -0.4 is 0 Å². The van der Waals surface area contributed by atoms with Crippen molar-refractivity contribution in [2.75, 3.05) is 0 Å². The summed E-state index contributed by atoms with van der Waals surface area (Å²) in [7, 11) is 0. The van der Waals surface area contributed by atoms with Gasteiger partial charge in [-0.15, -0.1) is 0 Å². The van der Waals surface area contributed by atoms with Crippen molar-refractivity contribution in [3.63, 3.8) is 0 Å². The molecule has 0 radical (unpaired) electrons. The molecule has 0 fully saturated rings. The summed E-state index contributed by atoms with van der Waals surface area (Å²) >= 11 is 0. The quantitative estimate of drug-likeness (QED) is 0.316. The van der Waals surface area contributed by atoms with Crippen molar-refractivity contribution in [3.8, 4) is 0 Å². The molecule has 0 amide bonds. The van der Waals surface area contributed by atoms with Gasteiger partial charge in [0.1, 0.15) is 34.7 Å². The summed E-state index contributed by atoms with van der Waals surface area (Å²) in [5.74, 6) is 0.174. The Labute approximate surface area is 226 Å². The van der Waals surface area contributed by atoms with Gasteiger partial charge >= 0.3 is 25.8 Å². The number of rotatable bonds is 12. The van der Waals surface area contributed by atoms with Crippen LogP contribution in [0.2, 0.25) is 0 Å². The molecule has 0 aromatic rings. The Morgan fingerprint density at radius 1 is 0.324 bits per heavy atom. The van der Waals surface area contributed by atoms with Crippen molar-refractivity contribution in [2.24, 2.45) is 35.5 Å². The number of ketones is 6. The van der Waals surface area contributed by atoms with Crippen LogP contribution in [-0.4, -0.2) is 60.5 Å². The molecule has 0 rings (SSSR count). The zero-order valence-electron chi connectivity index (χ0n) is 23.0. The van der Waals surface area contributed by atoms with Crippen LogP contribution in [0.4, 0.5) is 0 Å². The third kappa shape index (κ3) is 22.7. The zero-order chi connectivity index (χ0) is 27.0. The molecule has 34 heavy (non-hydrogen) atoms. The molecular formula is C27H51InO6. The average Bonchev–Trinajstić information content (AvgIpc) is 2.67. The number of hydrogen-bond donors (Lipinski definition) is 0. The number of carbonyl (C=O) groups excluding carboxylic acids is 6. The molecule has 0 bridgehead atoms. The maximum atomic E-state index is 11.0. The standard InChI is InChI=1S/3C9H16O2.In.3H/c3*1-6(2)8(10)5-9(11)7(3)4;;;;/h3*6-7H,5H2,1-4H3;;;;. The first kappa shape index (κ1) is 40.1. The van der Waals surface area contributed by atoms with Gasteiger partial charge in [-0.3, -0.25) is 28.8 Å². The van der Waals surface area contributed by atoms with Crippen molar-refractivity contribution in [2.45, 2.75) is 102 Å². The van der Waals surface area contributed by atoms with Gasteiger partial charge in [0.05, 0.1) is 19.3 Å². The van der Waals surface area contributed by atoms with Gasteiger partial charge in [-0.05, 0) is 0 Å². The number of carbonyl (C=O) groups is 6. The topological polar surface area (TPSA) is 102 Å². The van der Waals surface area contributed by atoms with Gasteiger partial charge in [0.15, 0.2) is 0 Å². The predicted molar refractivity (Wildman–Crippen MR) is 143 cm³/mol. The maximum absolute atomic E-state index is 11.0. The van der Waals surface area contributed by atoms with Crippen LogP contribution in [0.5, 0.6) is 0 Å². The minimum absolute atomic E-state index is 0. The van der Waals surface area contributed by atoms with E-state index in [1.807, 2.05) is 83.1 Å². The SMILES string of the molecule is CC(C)C(=O)CC(=O)C(C)C.CC(C)C(=O)CC(=O)C(C)C.CC(C)C(=O)CC(=O)C(C)C.[InH3]. The van der Waals surface area contributed by atoms with Crippen LogP contribution in [0.25, 0.3) is 0 Å². The zero-order valence-corrected chi connectivity index (χ0v) is 23.0. The number of Topliss-reactive ketones (excluding diaryl/α,β-unsaturated/α-hetero) is 6. The Morgan fingerprint density at radius 2 is 0.412 bits per heavy atom. The van der Waals surface area contributed by atoms with Gasteiger partial charge in [-0.25, -0.2) is 0 Å². The molecule has 0 aromatic carbocycles. The van der Waals surface area contributed by atoms with Crippen LogP contribution in [0.15, 0.2) is 0 Å². The first-order valence-electron chi connectivity index (χ1n) is 12.0. The fourth-order valence-electron chi connectivity index (χ4n) is 1.74. The van der Waals surface area contributed by atoms with Crippen molar-refractivity contribution in [1.82, 2.24) is 0 Å². The molecule has 0 unspecified atom stereocenters. The average molecular weight is 587 g/mol. The van der Waals surface area contributed by atoms with Crippen LogP contribution in [-0.2, 0) is 28.8 Å². The van der Waals surface area contributed by atoms with Crippen molar-refractivity contribution < 1.29 is 28.8 Å². The van der Waals surface area contributed by atoms with Crippen molar-refractivity contribution in [1.29, 1.82) is 0 Å². The van der Waals surface area contributed by atoms with E-state index in [4.69, 9.17) is 0 Å². The molecule has 0 aliphatic rings. The van der Waals surface area contributed by atoms with Gasteiger partial charge in [-0.1, -0.05) is 83.1 Å². The molecule has 0 aromatic heterocycles. The van der Waals surface area contributed by atoms with E-state index in [0.717, 1.165) is 0 Å². The monoisotopic (exact) mass is 586 g/mol. The summed E-state index contributed by atoms with van der Waals surface area (Å²) in [6.45, 7) is 21.8. The minimum atomic E-state index is -0.0160. The molecule has 0 saturated carbocycles. The van der Waals surface area contributed by atoms with E-state index in [9.17, 15) is 28.8 Å². The second-order valence-electron chi connectivity index (χ2n) is 10.3. The summed E-state index contributed by atoms with van der Waals surface area (Å²) in [5, 5.41) is 0. The Kier molecular flexibility index (Phi) is 25.0. The predicted octanol–water partition coefficient (Wildman–Crippen LogP) is 4.30. The normalized spacial score (nSPS) is 10.4. The second-order valence-corrected chi connectivity index (χ2v) is 10.3. The molecule has 0 heterocycles. The van der Waals surface area contributed by atoms with E-state index >= 15 is 0 Å². The number of hydrogen-bond acceptors (Lipinski definition) is 6. The third-order valence-electron chi connectivity index (χ3n) is 4.91. The Hall–Kier alpha value is -1.11. The summed E-state index contributed by atoms with van der Waals surface area (Å²) in [6.07, 6.45) is 0.319. The Bertz CT molecular complexity index is 514. The van der Waals surface area contributed by atoms with Crippen LogP contribution in [0.1, 0.15) is 102 Å². The van der Waals surface area contributed by atoms with E-state index in [1.54, 1.807) is 0 Å². The molecule has 0 aliphatic heterocycles. The van der Waals surface area contributed by atoms with E-state index in [-0.39, 0.29) is 115 Å². The molecular weight excluding hydrogens is 535 g/mol. The van der Waals surface area contributed by atoms with Crippen LogP contribution in [0.3, 0.4) is 0 Å². The van der Waals surface area contributed by atoms with Gasteiger partial charge in [0.2, 0.25) is 0 Å². The molecule has 0 spiro atoms. The second kappa shape index (κ2) is 21.2. The van der Waals surface area contributed by atoms with Gasteiger partial charge in [-0.2, -0.15) is 0 Å². The molecule has 0 saturated heterocycles. The van der Waals surface area contributed by atoms with E-state index in [2.05, 4.69) is 0 Å². The molecule has 0 N–H and O–H groups in total. The van der Waals surface area contributed by atoms with Crippen molar-refractivity contribution >= 4 is 60.5 Å². The summed E-state index contributed by atoms with van der Waals surface area (Å²) in [4.78, 5) is 66.2. The fraction of sp³-hybridized carbons (Fsp3) is 0.778. The fourth-order valence-corrected chi connectivity index (χ4v) is 1.74. The van der Waals surface area contributed by atoms with Crippen LogP contribution >= 0.6 is 0 Å². The van der Waals surface area contributed by atoms with Gasteiger partial charge in [0.25, 0.3) is 0 Å². The third-order valence-corrected chi connectivity index (χ3v) is 4.91. The Balaban J connectivity index is -0.000000196.